The third kappa shape index (κ3) is 5.13. The number of amides is 1. The van der Waals surface area contributed by atoms with Gasteiger partial charge < -0.3 is 14.4 Å². The van der Waals surface area contributed by atoms with Gasteiger partial charge in [-0.15, -0.1) is 0 Å². The van der Waals surface area contributed by atoms with Crippen LogP contribution >= 0.6 is 15.9 Å². The van der Waals surface area contributed by atoms with Crippen molar-refractivity contribution < 1.29 is 28.7 Å². The molecule has 0 N–H and O–H groups in total. The van der Waals surface area contributed by atoms with E-state index in [9.17, 15) is 19.2 Å². The molecule has 0 aromatic heterocycles. The largest absolute Gasteiger partial charge is 0.462 e. The highest BCUT2D eigenvalue weighted by atomic mass is 79.9. The number of carbonyl (C=O) groups excluding carboxylic acids is 4. The first-order chi connectivity index (χ1) is 14.4. The predicted molar refractivity (Wildman–Crippen MR) is 112 cm³/mol. The summed E-state index contributed by atoms with van der Waals surface area (Å²) in [7, 11) is 0. The normalized spacial score (nSPS) is 15.7. The number of anilines is 1. The second-order valence-electron chi connectivity index (χ2n) is 6.71. The first kappa shape index (κ1) is 21.7. The highest BCUT2D eigenvalue weighted by Crippen LogP contribution is 2.26. The summed E-state index contributed by atoms with van der Waals surface area (Å²) in [5, 5.41) is 0. The third-order valence-electron chi connectivity index (χ3n) is 4.66. The van der Waals surface area contributed by atoms with E-state index < -0.39 is 17.9 Å². The van der Waals surface area contributed by atoms with E-state index in [2.05, 4.69) is 15.9 Å². The zero-order valence-electron chi connectivity index (χ0n) is 16.3. The number of carbonyl (C=O) groups is 4. The lowest BCUT2D eigenvalue weighted by Gasteiger charge is -2.17. The summed E-state index contributed by atoms with van der Waals surface area (Å²) in [6, 6.07) is 13.2. The molecule has 0 bridgehead atoms. The fourth-order valence-corrected chi connectivity index (χ4v) is 3.34. The van der Waals surface area contributed by atoms with Crippen molar-refractivity contribution in [3.05, 3.63) is 64.1 Å². The molecule has 1 aliphatic heterocycles. The number of halogens is 1. The van der Waals surface area contributed by atoms with Crippen LogP contribution < -0.4 is 4.90 Å². The minimum absolute atomic E-state index is 0.00490. The molecule has 8 heteroatoms. The average Bonchev–Trinajstić information content (AvgIpc) is 3.14. The number of ketones is 1. The number of nitrogens with zero attached hydrogens (tertiary/aromatic N) is 1. The highest BCUT2D eigenvalue weighted by molar-refractivity contribution is 9.10. The number of Topliss-reactive ketones (excluding diaryl/α,β-unsaturated/α-hetero) is 1. The van der Waals surface area contributed by atoms with Gasteiger partial charge in [0, 0.05) is 28.7 Å². The van der Waals surface area contributed by atoms with E-state index >= 15 is 0 Å². The van der Waals surface area contributed by atoms with Crippen molar-refractivity contribution in [3.63, 3.8) is 0 Å². The first-order valence-corrected chi connectivity index (χ1v) is 10.2. The Balaban J connectivity index is 1.57. The van der Waals surface area contributed by atoms with Crippen LogP contribution in [0.15, 0.2) is 53.0 Å². The topological polar surface area (TPSA) is 90.0 Å². The molecular formula is C22H20BrNO6. The molecule has 2 aromatic carbocycles. The molecule has 1 atom stereocenters. The zero-order valence-corrected chi connectivity index (χ0v) is 17.9. The lowest BCUT2D eigenvalue weighted by atomic mass is 10.1. The van der Waals surface area contributed by atoms with Gasteiger partial charge in [0.25, 0.3) is 0 Å². The molecule has 1 amide bonds. The van der Waals surface area contributed by atoms with Gasteiger partial charge in [-0.3, -0.25) is 14.4 Å². The van der Waals surface area contributed by atoms with Crippen LogP contribution in [0, 0.1) is 5.92 Å². The summed E-state index contributed by atoms with van der Waals surface area (Å²) in [6.07, 6.45) is 0.00490. The van der Waals surface area contributed by atoms with Crippen molar-refractivity contribution in [1.29, 1.82) is 0 Å². The smallest absolute Gasteiger partial charge is 0.338 e. The van der Waals surface area contributed by atoms with Crippen LogP contribution in [0.3, 0.4) is 0 Å². The Morgan fingerprint density at radius 3 is 2.27 bits per heavy atom. The lowest BCUT2D eigenvalue weighted by molar-refractivity contribution is -0.147. The van der Waals surface area contributed by atoms with Gasteiger partial charge >= 0.3 is 11.9 Å². The summed E-state index contributed by atoms with van der Waals surface area (Å²) in [4.78, 5) is 50.1. The van der Waals surface area contributed by atoms with Crippen LogP contribution in [0.25, 0.3) is 0 Å². The van der Waals surface area contributed by atoms with E-state index in [1.165, 1.54) is 4.90 Å². The van der Waals surface area contributed by atoms with Gasteiger partial charge in [0.1, 0.15) is 0 Å². The third-order valence-corrected chi connectivity index (χ3v) is 5.19. The number of hydrogen-bond acceptors (Lipinski definition) is 6. The monoisotopic (exact) mass is 473 g/mol. The van der Waals surface area contributed by atoms with Crippen LogP contribution in [-0.2, 0) is 19.1 Å². The number of esters is 2. The van der Waals surface area contributed by atoms with E-state index in [1.807, 2.05) is 0 Å². The Kier molecular flexibility index (Phi) is 6.99. The fraction of sp³-hybridized carbons (Fsp3) is 0.273. The van der Waals surface area contributed by atoms with Crippen molar-refractivity contribution in [3.8, 4) is 0 Å². The van der Waals surface area contributed by atoms with Crippen molar-refractivity contribution in [2.45, 2.75) is 13.3 Å². The Morgan fingerprint density at radius 2 is 1.63 bits per heavy atom. The van der Waals surface area contributed by atoms with E-state index in [0.29, 0.717) is 16.8 Å². The summed E-state index contributed by atoms with van der Waals surface area (Å²) in [5.74, 6) is -2.21. The van der Waals surface area contributed by atoms with Gasteiger partial charge in [-0.2, -0.15) is 0 Å². The second-order valence-corrected chi connectivity index (χ2v) is 7.63. The molecule has 0 unspecified atom stereocenters. The number of hydrogen-bond donors (Lipinski definition) is 0. The predicted octanol–water partition coefficient (Wildman–Crippen LogP) is 3.40. The molecule has 1 saturated heterocycles. The molecule has 2 aromatic rings. The number of ether oxygens (including phenoxy) is 2. The molecule has 1 fully saturated rings. The second kappa shape index (κ2) is 9.67. The maximum atomic E-state index is 12.4. The van der Waals surface area contributed by atoms with Gasteiger partial charge in [-0.1, -0.05) is 28.1 Å². The van der Waals surface area contributed by atoms with Crippen molar-refractivity contribution in [2.24, 2.45) is 5.92 Å². The quantitative estimate of drug-likeness (QED) is 0.452. The van der Waals surface area contributed by atoms with Gasteiger partial charge in [0.05, 0.1) is 18.1 Å². The average molecular weight is 474 g/mol. The first-order valence-electron chi connectivity index (χ1n) is 9.42. The van der Waals surface area contributed by atoms with Crippen LogP contribution in [0.4, 0.5) is 5.69 Å². The molecule has 7 nitrogen and oxygen atoms in total. The Morgan fingerprint density at radius 1 is 1.00 bits per heavy atom. The van der Waals surface area contributed by atoms with Crippen LogP contribution in [0.1, 0.15) is 34.1 Å². The lowest BCUT2D eigenvalue weighted by Crippen LogP contribution is -2.27. The van der Waals surface area contributed by atoms with Gasteiger partial charge in [0.15, 0.2) is 12.4 Å². The van der Waals surface area contributed by atoms with Gasteiger partial charge in [0.2, 0.25) is 5.91 Å². The van der Waals surface area contributed by atoms with Crippen molar-refractivity contribution in [2.75, 3.05) is 24.7 Å². The highest BCUT2D eigenvalue weighted by Gasteiger charge is 2.36. The molecular weight excluding hydrogens is 454 g/mol. The SMILES string of the molecule is CCOC(=O)c1ccc(N2C[C@H](C(=O)OCC(=O)c3ccc(Br)cc3)CC2=O)cc1. The van der Waals surface area contributed by atoms with Crippen molar-refractivity contribution in [1.82, 2.24) is 0 Å². The number of benzene rings is 2. The maximum absolute atomic E-state index is 12.4. The molecule has 1 heterocycles. The fourth-order valence-electron chi connectivity index (χ4n) is 3.08. The van der Waals surface area contributed by atoms with Crippen LogP contribution in [0.5, 0.6) is 0 Å². The summed E-state index contributed by atoms with van der Waals surface area (Å²) in [5.41, 5.74) is 1.40. The zero-order chi connectivity index (χ0) is 21.7. The molecule has 156 valence electrons. The minimum Gasteiger partial charge on any atom is -0.462 e. The molecule has 0 saturated carbocycles. The van der Waals surface area contributed by atoms with Crippen LogP contribution in [0.2, 0.25) is 0 Å². The van der Waals surface area contributed by atoms with E-state index in [4.69, 9.17) is 9.47 Å². The van der Waals surface area contributed by atoms with E-state index in [0.717, 1.165) is 4.47 Å². The summed E-state index contributed by atoms with van der Waals surface area (Å²) in [6.45, 7) is 1.78. The summed E-state index contributed by atoms with van der Waals surface area (Å²) >= 11 is 3.29. The minimum atomic E-state index is -0.653. The molecule has 0 spiro atoms. The Hall–Kier alpha value is -3.00. The maximum Gasteiger partial charge on any atom is 0.338 e. The van der Waals surface area contributed by atoms with Gasteiger partial charge in [-0.05, 0) is 43.3 Å². The van der Waals surface area contributed by atoms with E-state index in [-0.39, 0.29) is 37.9 Å². The Bertz CT molecular complexity index is 955. The molecule has 1 aliphatic rings. The molecule has 30 heavy (non-hydrogen) atoms. The van der Waals surface area contributed by atoms with Crippen LogP contribution in [-0.4, -0.2) is 43.4 Å². The molecule has 3 rings (SSSR count). The van der Waals surface area contributed by atoms with Crippen molar-refractivity contribution >= 4 is 45.2 Å². The Labute approximate surface area is 182 Å². The van der Waals surface area contributed by atoms with Gasteiger partial charge in [-0.25, -0.2) is 4.79 Å². The number of rotatable bonds is 7. The molecule has 0 aliphatic carbocycles. The van der Waals surface area contributed by atoms with E-state index in [1.54, 1.807) is 55.5 Å². The summed E-state index contributed by atoms with van der Waals surface area (Å²) < 4.78 is 10.9. The standard InChI is InChI=1S/C22H20BrNO6/c1-2-29-21(27)15-5-9-18(10-6-15)24-12-16(11-20(24)26)22(28)30-13-19(25)14-3-7-17(23)8-4-14/h3-10,16H,2,11-13H2,1H3/t16-/m1/s1. The molecule has 0 radical (unpaired) electrons.